The van der Waals surface area contributed by atoms with E-state index in [2.05, 4.69) is 17.0 Å². The number of nitriles is 1. The molecule has 124 valence electrons. The minimum absolute atomic E-state index is 0.467. The Bertz CT molecular complexity index is 954. The van der Waals surface area contributed by atoms with E-state index in [0.717, 1.165) is 46.6 Å². The number of anilines is 1. The lowest BCUT2D eigenvalue weighted by Crippen LogP contribution is -2.20. The largest absolute Gasteiger partial charge is 0.497 e. The summed E-state index contributed by atoms with van der Waals surface area (Å²) in [5.41, 5.74) is 2.34. The van der Waals surface area contributed by atoms with Crippen LogP contribution in [0, 0.1) is 11.3 Å². The molecular weight excluding hydrogens is 310 g/mol. The van der Waals surface area contributed by atoms with Crippen molar-refractivity contribution in [3.8, 4) is 22.9 Å². The number of hydrogen-bond acceptors (Lipinski definition) is 4. The normalized spacial score (nSPS) is 13.8. The van der Waals surface area contributed by atoms with Crippen LogP contribution in [0.1, 0.15) is 18.5 Å². The maximum atomic E-state index is 9.77. The van der Waals surface area contributed by atoms with Crippen molar-refractivity contribution >= 4 is 16.6 Å². The highest BCUT2D eigenvalue weighted by Crippen LogP contribution is 2.38. The Labute approximate surface area is 147 Å². The van der Waals surface area contributed by atoms with Crippen LogP contribution in [0.3, 0.4) is 0 Å². The molecule has 0 saturated carbocycles. The molecule has 2 aromatic carbocycles. The third-order valence-corrected chi connectivity index (χ3v) is 4.77. The lowest BCUT2D eigenvalue weighted by atomic mass is 9.96. The van der Waals surface area contributed by atoms with Crippen molar-refractivity contribution in [2.75, 3.05) is 25.1 Å². The van der Waals surface area contributed by atoms with E-state index in [4.69, 9.17) is 9.72 Å². The van der Waals surface area contributed by atoms with Gasteiger partial charge in [0.15, 0.2) is 5.69 Å². The van der Waals surface area contributed by atoms with E-state index in [1.807, 2.05) is 42.5 Å². The van der Waals surface area contributed by atoms with Gasteiger partial charge in [-0.3, -0.25) is 0 Å². The van der Waals surface area contributed by atoms with Gasteiger partial charge in [-0.1, -0.05) is 30.3 Å². The number of methoxy groups -OCH3 is 1. The summed E-state index contributed by atoms with van der Waals surface area (Å²) in [6.07, 6.45) is 2.34. The molecule has 3 aromatic rings. The molecule has 0 radical (unpaired) electrons. The fraction of sp³-hybridized carbons (Fsp3) is 0.238. The first-order chi connectivity index (χ1) is 12.3. The van der Waals surface area contributed by atoms with Crippen molar-refractivity contribution in [2.45, 2.75) is 12.8 Å². The van der Waals surface area contributed by atoms with Gasteiger partial charge < -0.3 is 9.64 Å². The molecule has 0 N–H and O–H groups in total. The number of pyridine rings is 1. The maximum Gasteiger partial charge on any atom is 0.151 e. The molecule has 1 aliphatic rings. The van der Waals surface area contributed by atoms with Gasteiger partial charge in [0.25, 0.3) is 0 Å². The van der Waals surface area contributed by atoms with Crippen LogP contribution < -0.4 is 9.64 Å². The summed E-state index contributed by atoms with van der Waals surface area (Å²) in [5, 5.41) is 11.9. The Hall–Kier alpha value is -3.06. The van der Waals surface area contributed by atoms with Gasteiger partial charge in [-0.25, -0.2) is 4.98 Å². The number of ether oxygens (including phenoxy) is 1. The first-order valence-corrected chi connectivity index (χ1v) is 8.54. The van der Waals surface area contributed by atoms with Gasteiger partial charge in [-0.2, -0.15) is 5.26 Å². The second-order valence-corrected chi connectivity index (χ2v) is 6.24. The Balaban J connectivity index is 2.06. The number of hydrogen-bond donors (Lipinski definition) is 0. The van der Waals surface area contributed by atoms with E-state index in [1.165, 1.54) is 12.8 Å². The van der Waals surface area contributed by atoms with E-state index in [1.54, 1.807) is 7.11 Å². The molecule has 1 fully saturated rings. The van der Waals surface area contributed by atoms with E-state index >= 15 is 0 Å². The average Bonchev–Trinajstić information content (AvgIpc) is 3.21. The molecule has 2 heterocycles. The molecule has 1 saturated heterocycles. The highest BCUT2D eigenvalue weighted by atomic mass is 16.5. The number of rotatable bonds is 3. The molecule has 1 aromatic heterocycles. The second-order valence-electron chi connectivity index (χ2n) is 6.24. The van der Waals surface area contributed by atoms with E-state index in [-0.39, 0.29) is 0 Å². The van der Waals surface area contributed by atoms with E-state index in [9.17, 15) is 5.26 Å². The van der Waals surface area contributed by atoms with Gasteiger partial charge >= 0.3 is 0 Å². The standard InChI is InChI=1S/C21H19N3O/c1-25-16-9-10-17-18(13-16)20(15-7-3-2-4-8-15)19(14-22)23-21(17)24-11-5-6-12-24/h2-4,7-10,13H,5-6,11-12H2,1H3. The summed E-state index contributed by atoms with van der Waals surface area (Å²) in [6, 6.07) is 18.3. The van der Waals surface area contributed by atoms with Crippen LogP contribution in [0.4, 0.5) is 5.82 Å². The van der Waals surface area contributed by atoms with Crippen LogP contribution in [-0.2, 0) is 0 Å². The van der Waals surface area contributed by atoms with Gasteiger partial charge in [-0.05, 0) is 42.0 Å². The summed E-state index contributed by atoms with van der Waals surface area (Å²) in [5.74, 6) is 1.69. The smallest absolute Gasteiger partial charge is 0.151 e. The van der Waals surface area contributed by atoms with Crippen LogP contribution in [0.5, 0.6) is 5.75 Å². The van der Waals surface area contributed by atoms with Gasteiger partial charge in [0.05, 0.1) is 7.11 Å². The topological polar surface area (TPSA) is 49.1 Å². The fourth-order valence-electron chi connectivity index (χ4n) is 3.55. The van der Waals surface area contributed by atoms with Gasteiger partial charge in [0.2, 0.25) is 0 Å². The Morgan fingerprint density at radius 1 is 1.04 bits per heavy atom. The van der Waals surface area contributed by atoms with Crippen molar-refractivity contribution in [1.29, 1.82) is 5.26 Å². The van der Waals surface area contributed by atoms with Crippen LogP contribution in [0.25, 0.3) is 21.9 Å². The van der Waals surface area contributed by atoms with E-state index < -0.39 is 0 Å². The maximum absolute atomic E-state index is 9.77. The highest BCUT2D eigenvalue weighted by Gasteiger charge is 2.21. The minimum Gasteiger partial charge on any atom is -0.497 e. The minimum atomic E-state index is 0.467. The third kappa shape index (κ3) is 2.68. The SMILES string of the molecule is COc1ccc2c(N3CCCC3)nc(C#N)c(-c3ccccc3)c2c1. The monoisotopic (exact) mass is 329 g/mol. The van der Waals surface area contributed by atoms with Crippen molar-refractivity contribution in [3.63, 3.8) is 0 Å². The summed E-state index contributed by atoms with van der Waals surface area (Å²) in [6.45, 7) is 1.98. The number of aromatic nitrogens is 1. The molecule has 0 amide bonds. The van der Waals surface area contributed by atoms with Crippen LogP contribution in [0.2, 0.25) is 0 Å². The molecule has 1 aliphatic heterocycles. The molecule has 0 unspecified atom stereocenters. The first-order valence-electron chi connectivity index (χ1n) is 8.54. The zero-order valence-electron chi connectivity index (χ0n) is 14.2. The molecule has 25 heavy (non-hydrogen) atoms. The second kappa shape index (κ2) is 6.45. The predicted molar refractivity (Wildman–Crippen MR) is 99.9 cm³/mol. The molecule has 0 atom stereocenters. The average molecular weight is 329 g/mol. The number of fused-ring (bicyclic) bond motifs is 1. The predicted octanol–water partition coefficient (Wildman–Crippen LogP) is 4.38. The van der Waals surface area contributed by atoms with Crippen molar-refractivity contribution in [3.05, 3.63) is 54.2 Å². The van der Waals surface area contributed by atoms with Crippen molar-refractivity contribution < 1.29 is 4.74 Å². The Morgan fingerprint density at radius 2 is 1.80 bits per heavy atom. The first kappa shape index (κ1) is 15.5. The molecule has 0 spiro atoms. The fourth-order valence-corrected chi connectivity index (χ4v) is 3.55. The molecule has 0 aliphatic carbocycles. The van der Waals surface area contributed by atoms with Gasteiger partial charge in [0.1, 0.15) is 17.6 Å². The quantitative estimate of drug-likeness (QED) is 0.715. The van der Waals surface area contributed by atoms with Crippen molar-refractivity contribution in [1.82, 2.24) is 4.98 Å². The summed E-state index contributed by atoms with van der Waals surface area (Å²) < 4.78 is 5.44. The molecular formula is C21H19N3O. The zero-order valence-corrected chi connectivity index (χ0v) is 14.2. The molecule has 0 bridgehead atoms. The van der Waals surface area contributed by atoms with Gasteiger partial charge in [0, 0.05) is 24.0 Å². The zero-order chi connectivity index (χ0) is 17.2. The Kier molecular flexibility index (Phi) is 3.99. The lowest BCUT2D eigenvalue weighted by molar-refractivity contribution is 0.415. The lowest BCUT2D eigenvalue weighted by Gasteiger charge is -2.21. The molecule has 4 heteroatoms. The number of nitrogens with zero attached hydrogens (tertiary/aromatic N) is 3. The van der Waals surface area contributed by atoms with E-state index in [0.29, 0.717) is 5.69 Å². The van der Waals surface area contributed by atoms with Gasteiger partial charge in [-0.15, -0.1) is 0 Å². The molecule has 4 rings (SSSR count). The summed E-state index contributed by atoms with van der Waals surface area (Å²) in [4.78, 5) is 7.04. The number of benzene rings is 2. The highest BCUT2D eigenvalue weighted by molar-refractivity contribution is 6.04. The van der Waals surface area contributed by atoms with Crippen LogP contribution in [0.15, 0.2) is 48.5 Å². The summed E-state index contributed by atoms with van der Waals surface area (Å²) >= 11 is 0. The van der Waals surface area contributed by atoms with Crippen LogP contribution in [-0.4, -0.2) is 25.2 Å². The third-order valence-electron chi connectivity index (χ3n) is 4.77. The molecule has 4 nitrogen and oxygen atoms in total. The summed E-state index contributed by atoms with van der Waals surface area (Å²) in [7, 11) is 1.66. The van der Waals surface area contributed by atoms with Crippen molar-refractivity contribution in [2.24, 2.45) is 0 Å². The Morgan fingerprint density at radius 3 is 2.48 bits per heavy atom. The van der Waals surface area contributed by atoms with Crippen LogP contribution >= 0.6 is 0 Å².